The van der Waals surface area contributed by atoms with Gasteiger partial charge < -0.3 is 20.4 Å². The zero-order valence-corrected chi connectivity index (χ0v) is 23.1. The summed E-state index contributed by atoms with van der Waals surface area (Å²) in [5, 5.41) is 43.7. The van der Waals surface area contributed by atoms with Crippen molar-refractivity contribution >= 4 is 5.78 Å². The summed E-state index contributed by atoms with van der Waals surface area (Å²) in [7, 11) is 0. The lowest BCUT2D eigenvalue weighted by atomic mass is 9.41. The van der Waals surface area contributed by atoms with Crippen LogP contribution in [-0.2, 0) is 4.79 Å². The molecule has 2 spiro atoms. The fourth-order valence-electron chi connectivity index (χ4n) is 11.3. The number of Topliss-reactive ketones (excluding diaryl/α,β-unsaturated/α-hetero) is 1. The summed E-state index contributed by atoms with van der Waals surface area (Å²) in [4.78, 5) is 12.9. The molecule has 0 saturated heterocycles. The molecule has 5 heteroatoms. The molecule has 5 nitrogen and oxygen atoms in total. The monoisotopic (exact) mass is 490 g/mol. The van der Waals surface area contributed by atoms with Crippen molar-refractivity contribution in [3.8, 4) is 0 Å². The summed E-state index contributed by atoms with van der Waals surface area (Å²) in [5.41, 5.74) is -1.37. The molecule has 0 aliphatic heterocycles. The topological polar surface area (TPSA) is 98.0 Å². The van der Waals surface area contributed by atoms with Gasteiger partial charge in [-0.1, -0.05) is 34.6 Å². The first-order valence-electron chi connectivity index (χ1n) is 14.3. The van der Waals surface area contributed by atoms with Gasteiger partial charge in [0.15, 0.2) is 0 Å². The van der Waals surface area contributed by atoms with Crippen LogP contribution in [0.4, 0.5) is 0 Å². The number of ketones is 1. The second-order valence-corrected chi connectivity index (χ2v) is 15.3. The molecular formula is C30H50O5. The molecule has 0 amide bonds. The van der Waals surface area contributed by atoms with E-state index in [0.717, 1.165) is 44.9 Å². The van der Waals surface area contributed by atoms with Crippen molar-refractivity contribution in [1.29, 1.82) is 0 Å². The molecular weight excluding hydrogens is 440 g/mol. The number of carbonyl (C=O) groups excluding carboxylic acids is 1. The van der Waals surface area contributed by atoms with E-state index in [1.165, 1.54) is 0 Å². The van der Waals surface area contributed by atoms with Crippen LogP contribution in [0.25, 0.3) is 0 Å². The van der Waals surface area contributed by atoms with Gasteiger partial charge in [-0.25, -0.2) is 0 Å². The fourth-order valence-corrected chi connectivity index (χ4v) is 11.3. The summed E-state index contributed by atoms with van der Waals surface area (Å²) < 4.78 is 0. The quantitative estimate of drug-likeness (QED) is 0.455. The third-order valence-electron chi connectivity index (χ3n) is 13.2. The average Bonchev–Trinajstić information content (AvgIpc) is 3.32. The molecule has 11 atom stereocenters. The number of rotatable bonds is 5. The van der Waals surface area contributed by atoms with Crippen molar-refractivity contribution < 1.29 is 25.2 Å². The summed E-state index contributed by atoms with van der Waals surface area (Å²) in [6.45, 7) is 14.5. The Morgan fingerprint density at radius 2 is 1.63 bits per heavy atom. The van der Waals surface area contributed by atoms with Gasteiger partial charge in [-0.3, -0.25) is 4.79 Å². The predicted molar refractivity (Wildman–Crippen MR) is 135 cm³/mol. The number of aliphatic hydroxyl groups excluding tert-OH is 3. The van der Waals surface area contributed by atoms with E-state index in [2.05, 4.69) is 34.6 Å². The fraction of sp³-hybridized carbons (Fsp3) is 0.967. The molecule has 11 unspecified atom stereocenters. The number of hydrogen-bond acceptors (Lipinski definition) is 5. The van der Waals surface area contributed by atoms with Crippen LogP contribution in [0.2, 0.25) is 0 Å². The normalized spacial score (nSPS) is 52.1. The number of fused-ring (bicyclic) bond motifs is 2. The lowest BCUT2D eigenvalue weighted by Crippen LogP contribution is -2.60. The van der Waals surface area contributed by atoms with Crippen LogP contribution in [0, 0.1) is 50.7 Å². The van der Waals surface area contributed by atoms with E-state index in [0.29, 0.717) is 24.5 Å². The van der Waals surface area contributed by atoms with Crippen LogP contribution >= 0.6 is 0 Å². The van der Waals surface area contributed by atoms with Gasteiger partial charge >= 0.3 is 0 Å². The van der Waals surface area contributed by atoms with Crippen LogP contribution in [0.5, 0.6) is 0 Å². The molecule has 200 valence electrons. The van der Waals surface area contributed by atoms with Gasteiger partial charge in [-0.15, -0.1) is 0 Å². The van der Waals surface area contributed by atoms with Gasteiger partial charge in [0.25, 0.3) is 0 Å². The van der Waals surface area contributed by atoms with E-state index in [1.807, 2.05) is 0 Å². The Balaban J connectivity index is 1.44. The maximum Gasteiger partial charge on any atom is 0.138 e. The Hall–Kier alpha value is -0.490. The van der Waals surface area contributed by atoms with Gasteiger partial charge in [0, 0.05) is 17.8 Å². The second-order valence-electron chi connectivity index (χ2n) is 15.3. The molecule has 0 bridgehead atoms. The second kappa shape index (κ2) is 7.55. The third-order valence-corrected chi connectivity index (χ3v) is 13.2. The van der Waals surface area contributed by atoms with Crippen molar-refractivity contribution in [2.45, 2.75) is 130 Å². The molecule has 5 saturated carbocycles. The van der Waals surface area contributed by atoms with Crippen molar-refractivity contribution in [3.63, 3.8) is 0 Å². The summed E-state index contributed by atoms with van der Waals surface area (Å²) in [5.74, 6) is 1.14. The highest BCUT2D eigenvalue weighted by Crippen LogP contribution is 2.88. The van der Waals surface area contributed by atoms with Gasteiger partial charge in [-0.05, 0) is 105 Å². The Morgan fingerprint density at radius 1 is 0.971 bits per heavy atom. The smallest absolute Gasteiger partial charge is 0.138 e. The minimum atomic E-state index is -1.12. The Bertz CT molecular complexity index is 892. The van der Waals surface area contributed by atoms with E-state index in [1.54, 1.807) is 13.8 Å². The summed E-state index contributed by atoms with van der Waals surface area (Å²) >= 11 is 0. The standard InChI is InChI=1S/C30H50O5/c1-17(8-9-22(34)26(4,5)35)23-19(32)15-28(7)20-14-18(31)24-25(2,3)21(33)10-11-30(24)16-29(20,30)13-12-27(23,28)6/h17-20,22-24,31-32,34-35H,8-16H2,1-7H3. The first-order chi connectivity index (χ1) is 16.0. The predicted octanol–water partition coefficient (Wildman–Crippen LogP) is 4.48. The lowest BCUT2D eigenvalue weighted by molar-refractivity contribution is -0.183. The number of aliphatic hydroxyl groups is 4. The number of hydrogen-bond donors (Lipinski definition) is 4. The highest BCUT2D eigenvalue weighted by Gasteiger charge is 2.84. The highest BCUT2D eigenvalue weighted by molar-refractivity contribution is 5.86. The van der Waals surface area contributed by atoms with Gasteiger partial charge in [-0.2, -0.15) is 0 Å². The van der Waals surface area contributed by atoms with Crippen molar-refractivity contribution in [2.75, 3.05) is 0 Å². The minimum Gasteiger partial charge on any atom is -0.393 e. The van der Waals surface area contributed by atoms with Crippen molar-refractivity contribution in [3.05, 3.63) is 0 Å². The average molecular weight is 491 g/mol. The zero-order valence-electron chi connectivity index (χ0n) is 23.1. The Labute approximate surface area is 212 Å². The Kier molecular flexibility index (Phi) is 5.63. The maximum absolute atomic E-state index is 12.9. The van der Waals surface area contributed by atoms with E-state index in [4.69, 9.17) is 0 Å². The zero-order chi connectivity index (χ0) is 26.0. The third kappa shape index (κ3) is 3.17. The molecule has 5 rings (SSSR count). The molecule has 5 fully saturated rings. The summed E-state index contributed by atoms with van der Waals surface area (Å²) in [6, 6.07) is 0. The molecule has 5 aliphatic rings. The van der Waals surface area contributed by atoms with Crippen LogP contribution in [-0.4, -0.2) is 50.1 Å². The van der Waals surface area contributed by atoms with Gasteiger partial charge in [0.2, 0.25) is 0 Å². The molecule has 0 heterocycles. The molecule has 0 radical (unpaired) electrons. The lowest BCUT2D eigenvalue weighted by Gasteiger charge is -2.63. The van der Waals surface area contributed by atoms with Gasteiger partial charge in [0.05, 0.1) is 23.9 Å². The van der Waals surface area contributed by atoms with E-state index < -0.39 is 23.2 Å². The van der Waals surface area contributed by atoms with Crippen molar-refractivity contribution in [2.24, 2.45) is 50.7 Å². The van der Waals surface area contributed by atoms with Crippen LogP contribution < -0.4 is 0 Å². The molecule has 0 aromatic carbocycles. The SMILES string of the molecule is CC(CCC(O)C(C)(C)O)C1C(O)CC2(C)C3CC(O)C4C(C)(C)C(=O)CCC45CC35CCC12C. The van der Waals surface area contributed by atoms with Crippen LogP contribution in [0.3, 0.4) is 0 Å². The molecule has 5 aliphatic carbocycles. The first-order valence-corrected chi connectivity index (χ1v) is 14.3. The molecule has 0 aromatic heterocycles. The van der Waals surface area contributed by atoms with Crippen LogP contribution in [0.15, 0.2) is 0 Å². The van der Waals surface area contributed by atoms with E-state index >= 15 is 0 Å². The largest absolute Gasteiger partial charge is 0.393 e. The minimum absolute atomic E-state index is 0.0300. The van der Waals surface area contributed by atoms with E-state index in [-0.39, 0.29) is 45.5 Å². The van der Waals surface area contributed by atoms with E-state index in [9.17, 15) is 25.2 Å². The number of carbonyl (C=O) groups is 1. The van der Waals surface area contributed by atoms with Gasteiger partial charge in [0.1, 0.15) is 5.78 Å². The molecule has 4 N–H and O–H groups in total. The molecule has 35 heavy (non-hydrogen) atoms. The maximum atomic E-state index is 12.9. The highest BCUT2D eigenvalue weighted by atomic mass is 16.3. The Morgan fingerprint density at radius 3 is 2.26 bits per heavy atom. The van der Waals surface area contributed by atoms with Crippen molar-refractivity contribution in [1.82, 2.24) is 0 Å². The first kappa shape index (κ1) is 26.1. The molecule has 0 aromatic rings. The summed E-state index contributed by atoms with van der Waals surface area (Å²) in [6.07, 6.45) is 6.15. The van der Waals surface area contributed by atoms with Crippen LogP contribution in [0.1, 0.15) is 106 Å².